The SMILES string of the molecule is Cc1c(N2CCc3cnc(N)nc3C2)cnc2c1NCCO2. The second-order valence-corrected chi connectivity index (χ2v) is 5.60. The van der Waals surface area contributed by atoms with Gasteiger partial charge in [-0.2, -0.15) is 0 Å². The van der Waals surface area contributed by atoms with Crippen molar-refractivity contribution in [3.8, 4) is 5.88 Å². The van der Waals surface area contributed by atoms with Crippen LogP contribution >= 0.6 is 0 Å². The molecule has 0 spiro atoms. The highest BCUT2D eigenvalue weighted by Gasteiger charge is 2.23. The molecule has 2 aromatic heterocycles. The van der Waals surface area contributed by atoms with Crippen LogP contribution in [0.15, 0.2) is 12.4 Å². The molecule has 0 fully saturated rings. The van der Waals surface area contributed by atoms with E-state index in [4.69, 9.17) is 10.5 Å². The molecule has 114 valence electrons. The van der Waals surface area contributed by atoms with Gasteiger partial charge in [0.1, 0.15) is 12.3 Å². The molecule has 2 aliphatic rings. The Bertz CT molecular complexity index is 732. The highest BCUT2D eigenvalue weighted by Crippen LogP contribution is 2.36. The maximum absolute atomic E-state index is 5.71. The van der Waals surface area contributed by atoms with Crippen molar-refractivity contribution < 1.29 is 4.74 Å². The van der Waals surface area contributed by atoms with Crippen LogP contribution in [-0.4, -0.2) is 34.6 Å². The van der Waals surface area contributed by atoms with Gasteiger partial charge in [-0.05, 0) is 18.9 Å². The van der Waals surface area contributed by atoms with E-state index in [1.54, 1.807) is 0 Å². The molecular formula is C15H18N6O. The summed E-state index contributed by atoms with van der Waals surface area (Å²) in [5.41, 5.74) is 11.2. The van der Waals surface area contributed by atoms with Crippen LogP contribution in [0.2, 0.25) is 0 Å². The minimum absolute atomic E-state index is 0.330. The quantitative estimate of drug-likeness (QED) is 0.815. The van der Waals surface area contributed by atoms with Crippen molar-refractivity contribution in [2.45, 2.75) is 19.9 Å². The summed E-state index contributed by atoms with van der Waals surface area (Å²) in [7, 11) is 0. The van der Waals surface area contributed by atoms with E-state index in [0.717, 1.165) is 48.7 Å². The number of rotatable bonds is 1. The molecule has 0 radical (unpaired) electrons. The van der Waals surface area contributed by atoms with Gasteiger partial charge >= 0.3 is 0 Å². The first-order chi connectivity index (χ1) is 10.7. The zero-order valence-electron chi connectivity index (χ0n) is 12.5. The third-order valence-electron chi connectivity index (χ3n) is 4.22. The van der Waals surface area contributed by atoms with Crippen LogP contribution < -0.4 is 20.7 Å². The first-order valence-electron chi connectivity index (χ1n) is 7.44. The van der Waals surface area contributed by atoms with Gasteiger partial charge in [0.2, 0.25) is 11.8 Å². The van der Waals surface area contributed by atoms with Crippen molar-refractivity contribution in [1.82, 2.24) is 15.0 Å². The van der Waals surface area contributed by atoms with Crippen LogP contribution in [-0.2, 0) is 13.0 Å². The van der Waals surface area contributed by atoms with Crippen molar-refractivity contribution in [1.29, 1.82) is 0 Å². The second kappa shape index (κ2) is 5.01. The molecule has 22 heavy (non-hydrogen) atoms. The molecule has 2 aliphatic heterocycles. The van der Waals surface area contributed by atoms with Gasteiger partial charge in [-0.25, -0.2) is 15.0 Å². The molecular weight excluding hydrogens is 280 g/mol. The van der Waals surface area contributed by atoms with E-state index < -0.39 is 0 Å². The van der Waals surface area contributed by atoms with E-state index in [1.807, 2.05) is 12.4 Å². The summed E-state index contributed by atoms with van der Waals surface area (Å²) in [6.07, 6.45) is 4.63. The summed E-state index contributed by atoms with van der Waals surface area (Å²) in [6, 6.07) is 0. The number of fused-ring (bicyclic) bond motifs is 2. The predicted molar refractivity (Wildman–Crippen MR) is 84.2 cm³/mol. The van der Waals surface area contributed by atoms with E-state index in [9.17, 15) is 0 Å². The average molecular weight is 298 g/mol. The van der Waals surface area contributed by atoms with Gasteiger partial charge in [0.25, 0.3) is 0 Å². The Morgan fingerprint density at radius 3 is 3.14 bits per heavy atom. The molecule has 0 saturated carbocycles. The molecule has 0 amide bonds. The number of hydrogen-bond donors (Lipinski definition) is 2. The molecule has 3 N–H and O–H groups in total. The monoisotopic (exact) mass is 298 g/mol. The molecule has 4 heterocycles. The number of anilines is 3. The van der Waals surface area contributed by atoms with Crippen molar-refractivity contribution in [3.05, 3.63) is 29.2 Å². The molecule has 4 rings (SSSR count). The highest BCUT2D eigenvalue weighted by molar-refractivity contribution is 5.70. The van der Waals surface area contributed by atoms with Gasteiger partial charge in [0, 0.05) is 24.8 Å². The largest absolute Gasteiger partial charge is 0.474 e. The third-order valence-corrected chi connectivity index (χ3v) is 4.22. The summed E-state index contributed by atoms with van der Waals surface area (Å²) in [5, 5.41) is 3.38. The number of ether oxygens (including phenoxy) is 1. The lowest BCUT2D eigenvalue weighted by Crippen LogP contribution is -2.32. The summed E-state index contributed by atoms with van der Waals surface area (Å²) < 4.78 is 5.59. The van der Waals surface area contributed by atoms with Gasteiger partial charge < -0.3 is 20.7 Å². The minimum atomic E-state index is 0.330. The van der Waals surface area contributed by atoms with Crippen LogP contribution in [0.4, 0.5) is 17.3 Å². The second-order valence-electron chi connectivity index (χ2n) is 5.60. The van der Waals surface area contributed by atoms with Gasteiger partial charge in [0.05, 0.1) is 24.1 Å². The number of nitrogens with one attached hydrogen (secondary N) is 1. The molecule has 0 saturated heterocycles. The van der Waals surface area contributed by atoms with E-state index in [1.165, 1.54) is 5.56 Å². The van der Waals surface area contributed by atoms with E-state index in [-0.39, 0.29) is 0 Å². The lowest BCUT2D eigenvalue weighted by molar-refractivity contribution is 0.310. The molecule has 0 unspecified atom stereocenters. The van der Waals surface area contributed by atoms with Gasteiger partial charge in [-0.3, -0.25) is 0 Å². The van der Waals surface area contributed by atoms with Gasteiger partial charge in [0.15, 0.2) is 0 Å². The third kappa shape index (κ3) is 2.09. The van der Waals surface area contributed by atoms with Crippen LogP contribution in [0.3, 0.4) is 0 Å². The topological polar surface area (TPSA) is 89.2 Å². The Labute approximate surface area is 128 Å². The molecule has 0 bridgehead atoms. The summed E-state index contributed by atoms with van der Waals surface area (Å²) in [4.78, 5) is 15.2. The molecule has 0 aromatic carbocycles. The van der Waals surface area contributed by atoms with Crippen molar-refractivity contribution in [2.24, 2.45) is 0 Å². The summed E-state index contributed by atoms with van der Waals surface area (Å²) in [5.74, 6) is 1.02. The lowest BCUT2D eigenvalue weighted by Gasteiger charge is -2.32. The van der Waals surface area contributed by atoms with Crippen LogP contribution in [0.5, 0.6) is 5.88 Å². The standard InChI is InChI=1S/C15H18N6O/c1-9-12(7-18-14-13(9)17-3-5-22-14)21-4-2-10-6-19-15(16)20-11(10)8-21/h6-7,17H,2-5,8H2,1H3,(H2,16,19,20). The first-order valence-corrected chi connectivity index (χ1v) is 7.44. The predicted octanol–water partition coefficient (Wildman–Crippen LogP) is 1.13. The highest BCUT2D eigenvalue weighted by atomic mass is 16.5. The van der Waals surface area contributed by atoms with Gasteiger partial charge in [-0.1, -0.05) is 0 Å². The Morgan fingerprint density at radius 1 is 1.32 bits per heavy atom. The number of pyridine rings is 1. The molecule has 0 aliphatic carbocycles. The smallest absolute Gasteiger partial charge is 0.237 e. The van der Waals surface area contributed by atoms with E-state index in [0.29, 0.717) is 18.4 Å². The van der Waals surface area contributed by atoms with Crippen LogP contribution in [0.25, 0.3) is 0 Å². The Morgan fingerprint density at radius 2 is 2.23 bits per heavy atom. The zero-order valence-corrected chi connectivity index (χ0v) is 12.5. The zero-order chi connectivity index (χ0) is 15.1. The van der Waals surface area contributed by atoms with Crippen LogP contribution in [0.1, 0.15) is 16.8 Å². The molecule has 0 atom stereocenters. The summed E-state index contributed by atoms with van der Waals surface area (Å²) >= 11 is 0. The maximum Gasteiger partial charge on any atom is 0.237 e. The normalized spacial score (nSPS) is 16.3. The number of aromatic nitrogens is 3. The molecule has 2 aromatic rings. The number of nitrogens with zero attached hydrogens (tertiary/aromatic N) is 4. The van der Waals surface area contributed by atoms with Crippen molar-refractivity contribution in [3.63, 3.8) is 0 Å². The van der Waals surface area contributed by atoms with E-state index in [2.05, 4.69) is 32.1 Å². The average Bonchev–Trinajstić information content (AvgIpc) is 2.55. The Balaban J connectivity index is 1.69. The summed E-state index contributed by atoms with van der Waals surface area (Å²) in [6.45, 7) is 5.21. The van der Waals surface area contributed by atoms with Gasteiger partial charge in [-0.15, -0.1) is 0 Å². The Kier molecular flexibility index (Phi) is 2.99. The maximum atomic E-state index is 5.71. The first kappa shape index (κ1) is 13.1. The number of nitrogens with two attached hydrogens (primary N) is 1. The minimum Gasteiger partial charge on any atom is -0.474 e. The Hall–Kier alpha value is -2.57. The fourth-order valence-corrected chi connectivity index (χ4v) is 3.05. The fraction of sp³-hybridized carbons (Fsp3) is 0.400. The molecule has 7 heteroatoms. The fourth-order valence-electron chi connectivity index (χ4n) is 3.05. The molecule has 7 nitrogen and oxygen atoms in total. The number of nitrogen functional groups attached to an aromatic ring is 1. The lowest BCUT2D eigenvalue weighted by atomic mass is 10.0. The number of hydrogen-bond acceptors (Lipinski definition) is 7. The van der Waals surface area contributed by atoms with Crippen molar-refractivity contribution in [2.75, 3.05) is 35.6 Å². The van der Waals surface area contributed by atoms with Crippen molar-refractivity contribution >= 4 is 17.3 Å². The van der Waals surface area contributed by atoms with Crippen LogP contribution in [0, 0.1) is 6.92 Å². The van der Waals surface area contributed by atoms with E-state index >= 15 is 0 Å².